The van der Waals surface area contributed by atoms with Gasteiger partial charge in [0.1, 0.15) is 5.82 Å². The molecule has 0 aliphatic carbocycles. The van der Waals surface area contributed by atoms with Crippen LogP contribution in [0.15, 0.2) is 29.1 Å². The maximum Gasteiger partial charge on any atom is 0.203 e. The molecule has 16 heavy (non-hydrogen) atoms. The van der Waals surface area contributed by atoms with Crippen LogP contribution in [0.4, 0.5) is 0 Å². The molecule has 0 aliphatic heterocycles. The molecule has 0 aromatic carbocycles. The fourth-order valence-electron chi connectivity index (χ4n) is 1.49. The third-order valence-corrected chi connectivity index (χ3v) is 2.71. The van der Waals surface area contributed by atoms with Crippen molar-refractivity contribution in [2.45, 2.75) is 12.8 Å². The summed E-state index contributed by atoms with van der Waals surface area (Å²) in [6.07, 6.45) is 5.96. The molecule has 0 N–H and O–H groups in total. The zero-order chi connectivity index (χ0) is 11.5. The first-order chi connectivity index (χ1) is 7.68. The molecule has 0 aliphatic rings. The van der Waals surface area contributed by atoms with Gasteiger partial charge in [0.2, 0.25) is 5.22 Å². The summed E-state index contributed by atoms with van der Waals surface area (Å²) in [7, 11) is 1.90. The fraction of sp³-hybridized carbons (Fsp3) is 0.273. The quantitative estimate of drug-likeness (QED) is 0.769. The number of carbonyl (C=O) groups is 1. The van der Waals surface area contributed by atoms with E-state index in [9.17, 15) is 4.79 Å². The SMILES string of the molecule is Cn1ccnc1CCC(=O)c1ccoc1Cl. The minimum absolute atomic E-state index is 0.0262. The molecule has 84 valence electrons. The third kappa shape index (κ3) is 2.17. The molecule has 0 bridgehead atoms. The van der Waals surface area contributed by atoms with Gasteiger partial charge in [-0.1, -0.05) is 0 Å². The van der Waals surface area contributed by atoms with Crippen molar-refractivity contribution in [2.75, 3.05) is 0 Å². The van der Waals surface area contributed by atoms with Gasteiger partial charge in [-0.15, -0.1) is 0 Å². The van der Waals surface area contributed by atoms with Gasteiger partial charge >= 0.3 is 0 Å². The van der Waals surface area contributed by atoms with Gasteiger partial charge in [-0.05, 0) is 17.7 Å². The van der Waals surface area contributed by atoms with Crippen LogP contribution in [-0.4, -0.2) is 15.3 Å². The molecule has 0 fully saturated rings. The van der Waals surface area contributed by atoms with E-state index in [2.05, 4.69) is 4.98 Å². The molecule has 2 aromatic heterocycles. The van der Waals surface area contributed by atoms with Gasteiger partial charge in [0, 0.05) is 32.3 Å². The highest BCUT2D eigenvalue weighted by Gasteiger charge is 2.13. The van der Waals surface area contributed by atoms with E-state index in [0.717, 1.165) is 5.82 Å². The van der Waals surface area contributed by atoms with Crippen LogP contribution in [0.3, 0.4) is 0 Å². The highest BCUT2D eigenvalue weighted by atomic mass is 35.5. The second-order valence-corrected chi connectivity index (χ2v) is 3.83. The minimum atomic E-state index is -0.0262. The zero-order valence-electron chi connectivity index (χ0n) is 8.81. The summed E-state index contributed by atoms with van der Waals surface area (Å²) in [5.74, 6) is 0.856. The molecule has 0 saturated heterocycles. The van der Waals surface area contributed by atoms with Gasteiger partial charge in [0.05, 0.1) is 11.8 Å². The van der Waals surface area contributed by atoms with E-state index in [4.69, 9.17) is 16.0 Å². The molecule has 0 unspecified atom stereocenters. The number of imidazole rings is 1. The number of aryl methyl sites for hydroxylation is 2. The lowest BCUT2D eigenvalue weighted by Gasteiger charge is -2.00. The largest absolute Gasteiger partial charge is 0.452 e. The van der Waals surface area contributed by atoms with Crippen molar-refractivity contribution in [3.05, 3.63) is 41.3 Å². The minimum Gasteiger partial charge on any atom is -0.452 e. The maximum absolute atomic E-state index is 11.8. The average Bonchev–Trinajstić information content (AvgIpc) is 2.84. The summed E-state index contributed by atoms with van der Waals surface area (Å²) in [6.45, 7) is 0. The predicted molar refractivity (Wildman–Crippen MR) is 59.6 cm³/mol. The van der Waals surface area contributed by atoms with Gasteiger partial charge in [0.25, 0.3) is 0 Å². The van der Waals surface area contributed by atoms with Crippen LogP contribution < -0.4 is 0 Å². The number of halogens is 1. The van der Waals surface area contributed by atoms with E-state index in [1.54, 1.807) is 12.3 Å². The Morgan fingerprint density at radius 2 is 2.44 bits per heavy atom. The Bertz CT molecular complexity index is 502. The second-order valence-electron chi connectivity index (χ2n) is 3.49. The number of rotatable bonds is 4. The predicted octanol–water partition coefficient (Wildman–Crippen LogP) is 2.48. The summed E-state index contributed by atoms with van der Waals surface area (Å²) < 4.78 is 6.76. The zero-order valence-corrected chi connectivity index (χ0v) is 9.57. The van der Waals surface area contributed by atoms with Gasteiger partial charge in [-0.2, -0.15) is 0 Å². The summed E-state index contributed by atoms with van der Waals surface area (Å²) >= 11 is 5.72. The van der Waals surface area contributed by atoms with Crippen molar-refractivity contribution >= 4 is 17.4 Å². The Hall–Kier alpha value is -1.55. The van der Waals surface area contributed by atoms with Crippen LogP contribution in [0.5, 0.6) is 0 Å². The monoisotopic (exact) mass is 238 g/mol. The Morgan fingerprint density at radius 3 is 3.00 bits per heavy atom. The Morgan fingerprint density at radius 1 is 1.62 bits per heavy atom. The highest BCUT2D eigenvalue weighted by Crippen LogP contribution is 2.18. The van der Waals surface area contributed by atoms with Gasteiger partial charge in [-0.25, -0.2) is 4.98 Å². The Labute approximate surface area is 97.8 Å². The number of hydrogen-bond donors (Lipinski definition) is 0. The Balaban J connectivity index is 1.99. The van der Waals surface area contributed by atoms with E-state index < -0.39 is 0 Å². The molecule has 0 radical (unpaired) electrons. The van der Waals surface area contributed by atoms with Gasteiger partial charge in [0.15, 0.2) is 5.78 Å². The van der Waals surface area contributed by atoms with Crippen molar-refractivity contribution < 1.29 is 9.21 Å². The summed E-state index contributed by atoms with van der Waals surface area (Å²) in [5.41, 5.74) is 0.441. The number of aromatic nitrogens is 2. The standard InChI is InChI=1S/C11H11ClN2O2/c1-14-6-5-13-10(14)3-2-9(15)8-4-7-16-11(8)12/h4-7H,2-3H2,1H3. The molecule has 2 heterocycles. The van der Waals surface area contributed by atoms with E-state index >= 15 is 0 Å². The number of hydrogen-bond acceptors (Lipinski definition) is 3. The smallest absolute Gasteiger partial charge is 0.203 e. The van der Waals surface area contributed by atoms with Crippen LogP contribution in [0, 0.1) is 0 Å². The molecule has 0 spiro atoms. The van der Waals surface area contributed by atoms with E-state index in [0.29, 0.717) is 18.4 Å². The van der Waals surface area contributed by atoms with Crippen LogP contribution in [0.1, 0.15) is 22.6 Å². The van der Waals surface area contributed by atoms with E-state index in [-0.39, 0.29) is 11.0 Å². The average molecular weight is 239 g/mol. The second kappa shape index (κ2) is 4.53. The van der Waals surface area contributed by atoms with Crippen LogP contribution >= 0.6 is 11.6 Å². The molecule has 0 atom stereocenters. The number of ketones is 1. The molecule has 4 nitrogen and oxygen atoms in total. The highest BCUT2D eigenvalue weighted by molar-refractivity contribution is 6.32. The lowest BCUT2D eigenvalue weighted by molar-refractivity contribution is 0.0981. The summed E-state index contributed by atoms with van der Waals surface area (Å²) in [6, 6.07) is 1.59. The van der Waals surface area contributed by atoms with Crippen molar-refractivity contribution in [2.24, 2.45) is 7.05 Å². The summed E-state index contributed by atoms with van der Waals surface area (Å²) in [5, 5.41) is 0.157. The van der Waals surface area contributed by atoms with Crippen molar-refractivity contribution in [3.63, 3.8) is 0 Å². The first kappa shape index (κ1) is 11.0. The van der Waals surface area contributed by atoms with Crippen molar-refractivity contribution in [1.29, 1.82) is 0 Å². The molecule has 2 rings (SSSR count). The van der Waals surface area contributed by atoms with Gasteiger partial charge in [-0.3, -0.25) is 4.79 Å². The summed E-state index contributed by atoms with van der Waals surface area (Å²) in [4.78, 5) is 15.9. The number of Topliss-reactive ketones (excluding diaryl/α,β-unsaturated/α-hetero) is 1. The van der Waals surface area contributed by atoms with Crippen molar-refractivity contribution in [3.8, 4) is 0 Å². The van der Waals surface area contributed by atoms with Crippen LogP contribution in [0.25, 0.3) is 0 Å². The number of furan rings is 1. The normalized spacial score (nSPS) is 10.6. The third-order valence-electron chi connectivity index (χ3n) is 2.42. The maximum atomic E-state index is 11.8. The van der Waals surface area contributed by atoms with Gasteiger partial charge < -0.3 is 8.98 Å². The van der Waals surface area contributed by atoms with E-state index in [1.807, 2.05) is 17.8 Å². The molecule has 5 heteroatoms. The lowest BCUT2D eigenvalue weighted by atomic mass is 10.1. The molecular weight excluding hydrogens is 228 g/mol. The molecule has 2 aromatic rings. The number of nitrogens with zero attached hydrogens (tertiary/aromatic N) is 2. The molecule has 0 saturated carbocycles. The molecular formula is C11H11ClN2O2. The first-order valence-electron chi connectivity index (χ1n) is 4.91. The Kier molecular flexibility index (Phi) is 3.10. The van der Waals surface area contributed by atoms with E-state index in [1.165, 1.54) is 6.26 Å². The fourth-order valence-corrected chi connectivity index (χ4v) is 1.71. The van der Waals surface area contributed by atoms with Crippen LogP contribution in [0.2, 0.25) is 5.22 Å². The first-order valence-corrected chi connectivity index (χ1v) is 5.28. The topological polar surface area (TPSA) is 48.0 Å². The van der Waals surface area contributed by atoms with Crippen LogP contribution in [-0.2, 0) is 13.5 Å². The number of carbonyl (C=O) groups excluding carboxylic acids is 1. The van der Waals surface area contributed by atoms with Crippen molar-refractivity contribution in [1.82, 2.24) is 9.55 Å². The molecule has 0 amide bonds. The lowest BCUT2D eigenvalue weighted by Crippen LogP contribution is -2.04.